The van der Waals surface area contributed by atoms with Crippen LogP contribution in [0.15, 0.2) is 24.3 Å². The summed E-state index contributed by atoms with van der Waals surface area (Å²) in [5.74, 6) is -2.27. The predicted molar refractivity (Wildman–Crippen MR) is 77.9 cm³/mol. The van der Waals surface area contributed by atoms with Gasteiger partial charge in [-0.3, -0.25) is 4.79 Å². The maximum absolute atomic E-state index is 13.9. The molecule has 0 aliphatic heterocycles. The maximum atomic E-state index is 13.9. The third kappa shape index (κ3) is 2.60. The van der Waals surface area contributed by atoms with Crippen molar-refractivity contribution in [2.45, 2.75) is 19.8 Å². The summed E-state index contributed by atoms with van der Waals surface area (Å²) in [7, 11) is 0. The zero-order chi connectivity index (χ0) is 14.9. The van der Waals surface area contributed by atoms with Gasteiger partial charge in [0.25, 0.3) is 0 Å². The summed E-state index contributed by atoms with van der Waals surface area (Å²) in [6, 6.07) is 7.70. The van der Waals surface area contributed by atoms with E-state index in [4.69, 9.17) is 11.6 Å². The molecule has 1 heterocycles. The fraction of sp³-hybridized carbons (Fsp3) is 0.200. The Morgan fingerprint density at radius 2 is 2.15 bits per heavy atom. The normalized spacial score (nSPS) is 11.9. The molecule has 1 unspecified atom stereocenters. The van der Waals surface area contributed by atoms with Gasteiger partial charge >= 0.3 is 0 Å². The topological polar surface area (TPSA) is 40.9 Å². The van der Waals surface area contributed by atoms with Crippen LogP contribution in [-0.2, 0) is 0 Å². The number of nitriles is 1. The van der Waals surface area contributed by atoms with Gasteiger partial charge in [-0.05, 0) is 37.6 Å². The van der Waals surface area contributed by atoms with Gasteiger partial charge in [0.2, 0.25) is 0 Å². The molecule has 20 heavy (non-hydrogen) atoms. The van der Waals surface area contributed by atoms with Gasteiger partial charge in [0.1, 0.15) is 11.7 Å². The van der Waals surface area contributed by atoms with Crippen LogP contribution >= 0.6 is 22.9 Å². The van der Waals surface area contributed by atoms with Crippen LogP contribution in [0.4, 0.5) is 4.39 Å². The molecule has 2 rings (SSSR count). The standard InChI is InChI=1S/C15H11ClFNOS/c1-8-6-13(20-9(8)2)15(19)10(7-18)14-11(16)4-3-5-12(14)17/h3-6,10H,1-2H3. The van der Waals surface area contributed by atoms with E-state index in [1.807, 2.05) is 19.9 Å². The number of ketones is 1. The van der Waals surface area contributed by atoms with E-state index in [0.29, 0.717) is 4.88 Å². The SMILES string of the molecule is Cc1cc(C(=O)C(C#N)c2c(F)cccc2Cl)sc1C. The molecule has 1 aromatic heterocycles. The Hall–Kier alpha value is -1.70. The van der Waals surface area contributed by atoms with Crippen LogP contribution in [0.25, 0.3) is 0 Å². The highest BCUT2D eigenvalue weighted by Gasteiger charge is 2.28. The third-order valence-electron chi connectivity index (χ3n) is 3.09. The van der Waals surface area contributed by atoms with Crippen molar-refractivity contribution < 1.29 is 9.18 Å². The average Bonchev–Trinajstić information content (AvgIpc) is 2.73. The average molecular weight is 308 g/mol. The summed E-state index contributed by atoms with van der Waals surface area (Å²) in [5, 5.41) is 9.34. The summed E-state index contributed by atoms with van der Waals surface area (Å²) in [5.41, 5.74) is 0.931. The maximum Gasteiger partial charge on any atom is 0.194 e. The molecule has 0 bridgehead atoms. The van der Waals surface area contributed by atoms with E-state index in [9.17, 15) is 14.4 Å². The number of aryl methyl sites for hydroxylation is 2. The Kier molecular flexibility index (Phi) is 4.22. The van der Waals surface area contributed by atoms with Gasteiger partial charge in [-0.25, -0.2) is 4.39 Å². The number of nitrogens with zero attached hydrogens (tertiary/aromatic N) is 1. The molecule has 0 saturated heterocycles. The van der Waals surface area contributed by atoms with E-state index in [2.05, 4.69) is 0 Å². The van der Waals surface area contributed by atoms with Crippen LogP contribution in [0.2, 0.25) is 5.02 Å². The van der Waals surface area contributed by atoms with Crippen molar-refractivity contribution in [1.82, 2.24) is 0 Å². The number of hydrogen-bond acceptors (Lipinski definition) is 3. The van der Waals surface area contributed by atoms with Crippen molar-refractivity contribution in [2.24, 2.45) is 0 Å². The van der Waals surface area contributed by atoms with Crippen LogP contribution in [-0.4, -0.2) is 5.78 Å². The first-order chi connectivity index (χ1) is 9.45. The summed E-state index contributed by atoms with van der Waals surface area (Å²) < 4.78 is 13.9. The van der Waals surface area contributed by atoms with Crippen molar-refractivity contribution >= 4 is 28.7 Å². The molecule has 0 radical (unpaired) electrons. The van der Waals surface area contributed by atoms with Crippen LogP contribution in [0.3, 0.4) is 0 Å². The van der Waals surface area contributed by atoms with Gasteiger partial charge in [0.05, 0.1) is 10.9 Å². The van der Waals surface area contributed by atoms with Gasteiger partial charge in [0.15, 0.2) is 5.78 Å². The molecule has 0 spiro atoms. The molecule has 2 aromatic rings. The zero-order valence-corrected chi connectivity index (χ0v) is 12.5. The lowest BCUT2D eigenvalue weighted by molar-refractivity contribution is 0.0981. The van der Waals surface area contributed by atoms with Gasteiger partial charge in [-0.15, -0.1) is 11.3 Å². The highest BCUT2D eigenvalue weighted by atomic mass is 35.5. The molecule has 0 N–H and O–H groups in total. The molecule has 0 fully saturated rings. The van der Waals surface area contributed by atoms with E-state index in [1.165, 1.54) is 29.5 Å². The molecular weight excluding hydrogens is 297 g/mol. The third-order valence-corrected chi connectivity index (χ3v) is 4.59. The fourth-order valence-electron chi connectivity index (χ4n) is 1.88. The lowest BCUT2D eigenvalue weighted by Gasteiger charge is -2.10. The second kappa shape index (κ2) is 5.74. The second-order valence-electron chi connectivity index (χ2n) is 4.41. The Balaban J connectivity index is 2.48. The number of rotatable bonds is 3. The minimum absolute atomic E-state index is 0.0506. The molecule has 5 heteroatoms. The summed E-state index contributed by atoms with van der Waals surface area (Å²) in [6.45, 7) is 3.79. The Morgan fingerprint density at radius 1 is 1.45 bits per heavy atom. The van der Waals surface area contributed by atoms with Gasteiger partial charge in [0, 0.05) is 15.5 Å². The number of carbonyl (C=O) groups excluding carboxylic acids is 1. The smallest absolute Gasteiger partial charge is 0.194 e. The number of thiophene rings is 1. The van der Waals surface area contributed by atoms with E-state index in [1.54, 1.807) is 6.07 Å². The summed E-state index contributed by atoms with van der Waals surface area (Å²) in [4.78, 5) is 13.9. The first-order valence-corrected chi connectivity index (χ1v) is 7.10. The molecule has 1 aromatic carbocycles. The van der Waals surface area contributed by atoms with Crippen LogP contribution in [0.1, 0.15) is 31.6 Å². The predicted octanol–water partition coefficient (Wildman–Crippen LogP) is 4.65. The second-order valence-corrected chi connectivity index (χ2v) is 6.08. The van der Waals surface area contributed by atoms with Crippen LogP contribution in [0.5, 0.6) is 0 Å². The lowest BCUT2D eigenvalue weighted by Crippen LogP contribution is -2.12. The van der Waals surface area contributed by atoms with Crippen LogP contribution < -0.4 is 0 Å². The number of benzene rings is 1. The first kappa shape index (κ1) is 14.7. The molecule has 0 amide bonds. The quantitative estimate of drug-likeness (QED) is 0.775. The van der Waals surface area contributed by atoms with Crippen molar-refractivity contribution in [2.75, 3.05) is 0 Å². The monoisotopic (exact) mass is 307 g/mol. The number of Topliss-reactive ketones (excluding diaryl/α,β-unsaturated/α-hetero) is 1. The van der Waals surface area contributed by atoms with E-state index in [0.717, 1.165) is 10.4 Å². The molecule has 2 nitrogen and oxygen atoms in total. The Bertz CT molecular complexity index is 677. The molecule has 0 aliphatic rings. The van der Waals surface area contributed by atoms with Crippen molar-refractivity contribution in [3.05, 3.63) is 56.0 Å². The van der Waals surface area contributed by atoms with Crippen molar-refractivity contribution in [1.29, 1.82) is 5.26 Å². The summed E-state index contributed by atoms with van der Waals surface area (Å²) in [6.07, 6.45) is 0. The van der Waals surface area contributed by atoms with Crippen molar-refractivity contribution in [3.63, 3.8) is 0 Å². The first-order valence-electron chi connectivity index (χ1n) is 5.90. The molecule has 1 atom stereocenters. The molecular formula is C15H11ClFNOS. The molecule has 0 saturated carbocycles. The zero-order valence-electron chi connectivity index (χ0n) is 10.9. The van der Waals surface area contributed by atoms with Crippen molar-refractivity contribution in [3.8, 4) is 6.07 Å². The largest absolute Gasteiger partial charge is 0.291 e. The minimum Gasteiger partial charge on any atom is -0.291 e. The van der Waals surface area contributed by atoms with E-state index >= 15 is 0 Å². The fourth-order valence-corrected chi connectivity index (χ4v) is 3.15. The highest BCUT2D eigenvalue weighted by molar-refractivity contribution is 7.14. The minimum atomic E-state index is -1.22. The van der Waals surface area contributed by atoms with Gasteiger partial charge in [-0.2, -0.15) is 5.26 Å². The van der Waals surface area contributed by atoms with Crippen LogP contribution in [0, 0.1) is 31.0 Å². The van der Waals surface area contributed by atoms with E-state index in [-0.39, 0.29) is 10.6 Å². The van der Waals surface area contributed by atoms with Gasteiger partial charge < -0.3 is 0 Å². The highest BCUT2D eigenvalue weighted by Crippen LogP contribution is 2.32. The number of hydrogen-bond donors (Lipinski definition) is 0. The number of halogens is 2. The Morgan fingerprint density at radius 3 is 2.65 bits per heavy atom. The molecule has 102 valence electrons. The van der Waals surface area contributed by atoms with E-state index < -0.39 is 17.5 Å². The van der Waals surface area contributed by atoms with Gasteiger partial charge in [-0.1, -0.05) is 17.7 Å². The molecule has 0 aliphatic carbocycles. The number of carbonyl (C=O) groups is 1. The Labute approximate surface area is 125 Å². The summed E-state index contributed by atoms with van der Waals surface area (Å²) >= 11 is 7.24. The lowest BCUT2D eigenvalue weighted by atomic mass is 9.94.